The van der Waals surface area contributed by atoms with Crippen molar-refractivity contribution >= 4 is 11.6 Å². The highest BCUT2D eigenvalue weighted by atomic mass is 35.5. The lowest BCUT2D eigenvalue weighted by atomic mass is 10.0. The van der Waals surface area contributed by atoms with Crippen molar-refractivity contribution in [3.05, 3.63) is 28.0 Å². The molecule has 4 heteroatoms. The van der Waals surface area contributed by atoms with Gasteiger partial charge in [0.2, 0.25) is 0 Å². The van der Waals surface area contributed by atoms with E-state index in [-0.39, 0.29) is 5.75 Å². The van der Waals surface area contributed by atoms with Crippen LogP contribution in [0.2, 0.25) is 5.02 Å². The van der Waals surface area contributed by atoms with Crippen molar-refractivity contribution in [2.75, 3.05) is 7.11 Å². The Balaban J connectivity index is 2.62. The fourth-order valence-corrected chi connectivity index (χ4v) is 1.90. The topological polar surface area (TPSA) is 35.2 Å². The molecular weight excluding hydrogens is 217 g/mol. The molecule has 1 fully saturated rings. The first-order valence-corrected chi connectivity index (χ1v) is 5.19. The maximum absolute atomic E-state index is 14.0. The van der Waals surface area contributed by atoms with Crippen LogP contribution in [0.25, 0.3) is 0 Å². The maximum atomic E-state index is 14.0. The molecule has 0 bridgehead atoms. The third-order valence-electron chi connectivity index (χ3n) is 2.87. The second kappa shape index (κ2) is 3.35. The lowest BCUT2D eigenvalue weighted by Crippen LogP contribution is -2.21. The zero-order valence-corrected chi connectivity index (χ0v) is 9.49. The van der Waals surface area contributed by atoms with Crippen LogP contribution in [-0.2, 0) is 5.54 Å². The van der Waals surface area contributed by atoms with Gasteiger partial charge in [-0.2, -0.15) is 0 Å². The number of aryl methyl sites for hydroxylation is 1. The number of halogens is 2. The summed E-state index contributed by atoms with van der Waals surface area (Å²) < 4.78 is 18.9. The average molecular weight is 230 g/mol. The molecule has 15 heavy (non-hydrogen) atoms. The molecular formula is C11H13ClFNO. The smallest absolute Gasteiger partial charge is 0.173 e. The van der Waals surface area contributed by atoms with E-state index in [1.54, 1.807) is 6.07 Å². The van der Waals surface area contributed by atoms with E-state index in [0.717, 1.165) is 18.4 Å². The van der Waals surface area contributed by atoms with Gasteiger partial charge in [-0.15, -0.1) is 0 Å². The van der Waals surface area contributed by atoms with Crippen molar-refractivity contribution in [2.24, 2.45) is 5.73 Å². The average Bonchev–Trinajstić information content (AvgIpc) is 2.92. The predicted octanol–water partition coefficient (Wildman–Crippen LogP) is 2.74. The number of methoxy groups -OCH3 is 1. The van der Waals surface area contributed by atoms with Gasteiger partial charge in [0.05, 0.1) is 12.1 Å². The van der Waals surface area contributed by atoms with Gasteiger partial charge in [0.1, 0.15) is 0 Å². The van der Waals surface area contributed by atoms with E-state index in [1.165, 1.54) is 7.11 Å². The van der Waals surface area contributed by atoms with E-state index >= 15 is 0 Å². The summed E-state index contributed by atoms with van der Waals surface area (Å²) in [5.41, 5.74) is 6.77. The first-order valence-electron chi connectivity index (χ1n) is 4.81. The monoisotopic (exact) mass is 229 g/mol. The van der Waals surface area contributed by atoms with Crippen LogP contribution < -0.4 is 10.5 Å². The molecule has 1 aromatic rings. The predicted molar refractivity (Wildman–Crippen MR) is 57.8 cm³/mol. The minimum atomic E-state index is -0.507. The summed E-state index contributed by atoms with van der Waals surface area (Å²) >= 11 is 5.94. The van der Waals surface area contributed by atoms with Gasteiger partial charge in [0, 0.05) is 11.1 Å². The van der Waals surface area contributed by atoms with Gasteiger partial charge in [0.25, 0.3) is 0 Å². The Kier molecular flexibility index (Phi) is 2.40. The molecule has 0 unspecified atom stereocenters. The molecule has 82 valence electrons. The summed E-state index contributed by atoms with van der Waals surface area (Å²) in [6.07, 6.45) is 1.63. The van der Waals surface area contributed by atoms with E-state index < -0.39 is 11.4 Å². The number of hydrogen-bond acceptors (Lipinski definition) is 2. The Morgan fingerprint density at radius 3 is 2.60 bits per heavy atom. The van der Waals surface area contributed by atoms with Gasteiger partial charge in [-0.1, -0.05) is 11.6 Å². The second-order valence-electron chi connectivity index (χ2n) is 4.06. The Hall–Kier alpha value is -0.800. The molecule has 2 nitrogen and oxygen atoms in total. The van der Waals surface area contributed by atoms with Gasteiger partial charge in [-0.25, -0.2) is 4.39 Å². The van der Waals surface area contributed by atoms with Crippen LogP contribution >= 0.6 is 11.6 Å². The SMILES string of the molecule is COc1c(F)c(C2(N)CC2)cc(C)c1Cl. The van der Waals surface area contributed by atoms with Crippen molar-refractivity contribution in [3.63, 3.8) is 0 Å². The molecule has 0 saturated heterocycles. The molecule has 2 N–H and O–H groups in total. The maximum Gasteiger partial charge on any atom is 0.173 e. The highest BCUT2D eigenvalue weighted by Gasteiger charge is 2.43. The van der Waals surface area contributed by atoms with Gasteiger partial charge < -0.3 is 10.5 Å². The standard InChI is InChI=1S/C11H13ClFNO/c1-6-5-7(11(14)3-4-11)9(13)10(15-2)8(6)12/h5H,3-4,14H2,1-2H3. The molecule has 0 amide bonds. The molecule has 1 saturated carbocycles. The largest absolute Gasteiger partial charge is 0.492 e. The van der Waals surface area contributed by atoms with Crippen LogP contribution in [0.3, 0.4) is 0 Å². The number of hydrogen-bond donors (Lipinski definition) is 1. The van der Waals surface area contributed by atoms with Crippen molar-refractivity contribution in [2.45, 2.75) is 25.3 Å². The summed E-state index contributed by atoms with van der Waals surface area (Å²) in [6, 6.07) is 1.72. The number of benzene rings is 1. The fourth-order valence-electron chi connectivity index (χ4n) is 1.69. The molecule has 1 aromatic carbocycles. The molecule has 0 spiro atoms. The minimum Gasteiger partial charge on any atom is -0.492 e. The molecule has 1 aliphatic carbocycles. The number of nitrogens with two attached hydrogens (primary N) is 1. The van der Waals surface area contributed by atoms with E-state index in [9.17, 15) is 4.39 Å². The van der Waals surface area contributed by atoms with Crippen molar-refractivity contribution in [1.82, 2.24) is 0 Å². The van der Waals surface area contributed by atoms with Gasteiger partial charge in [-0.3, -0.25) is 0 Å². The lowest BCUT2D eigenvalue weighted by Gasteiger charge is -2.15. The number of ether oxygens (including phenoxy) is 1. The Morgan fingerprint density at radius 2 is 2.13 bits per heavy atom. The van der Waals surface area contributed by atoms with Gasteiger partial charge in [-0.05, 0) is 31.4 Å². The quantitative estimate of drug-likeness (QED) is 0.847. The van der Waals surface area contributed by atoms with Crippen LogP contribution in [-0.4, -0.2) is 7.11 Å². The third kappa shape index (κ3) is 1.60. The third-order valence-corrected chi connectivity index (χ3v) is 3.34. The second-order valence-corrected chi connectivity index (χ2v) is 4.44. The Morgan fingerprint density at radius 1 is 1.53 bits per heavy atom. The molecule has 1 aliphatic rings. The van der Waals surface area contributed by atoms with Gasteiger partial charge >= 0.3 is 0 Å². The van der Waals surface area contributed by atoms with Crippen LogP contribution in [0.1, 0.15) is 24.0 Å². The molecule has 2 rings (SSSR count). The summed E-state index contributed by atoms with van der Waals surface area (Å²) in [4.78, 5) is 0. The fraction of sp³-hybridized carbons (Fsp3) is 0.455. The molecule has 0 aromatic heterocycles. The summed E-state index contributed by atoms with van der Waals surface area (Å²) in [6.45, 7) is 1.82. The first kappa shape index (κ1) is 10.7. The van der Waals surface area contributed by atoms with Crippen molar-refractivity contribution < 1.29 is 9.13 Å². The van der Waals surface area contributed by atoms with E-state index in [4.69, 9.17) is 22.1 Å². The van der Waals surface area contributed by atoms with Crippen molar-refractivity contribution in [1.29, 1.82) is 0 Å². The van der Waals surface area contributed by atoms with E-state index in [0.29, 0.717) is 10.6 Å². The van der Waals surface area contributed by atoms with Crippen molar-refractivity contribution in [3.8, 4) is 5.75 Å². The minimum absolute atomic E-state index is 0.100. The molecule has 0 heterocycles. The molecule has 0 radical (unpaired) electrons. The summed E-state index contributed by atoms with van der Waals surface area (Å²) in [5, 5.41) is 0.322. The Bertz CT molecular complexity index is 416. The van der Waals surface area contributed by atoms with Gasteiger partial charge in [0.15, 0.2) is 11.6 Å². The first-order chi connectivity index (χ1) is 6.99. The zero-order chi connectivity index (χ0) is 11.2. The highest BCUT2D eigenvalue weighted by Crippen LogP contribution is 2.47. The highest BCUT2D eigenvalue weighted by molar-refractivity contribution is 6.32. The van der Waals surface area contributed by atoms with Crippen LogP contribution in [0.4, 0.5) is 4.39 Å². The lowest BCUT2D eigenvalue weighted by molar-refractivity contribution is 0.381. The summed E-state index contributed by atoms with van der Waals surface area (Å²) in [7, 11) is 1.41. The van der Waals surface area contributed by atoms with E-state index in [1.807, 2.05) is 6.92 Å². The Labute approximate surface area is 93.2 Å². The molecule has 0 atom stereocenters. The van der Waals surface area contributed by atoms with Crippen LogP contribution in [0.5, 0.6) is 5.75 Å². The zero-order valence-electron chi connectivity index (χ0n) is 8.73. The molecule has 0 aliphatic heterocycles. The normalized spacial score (nSPS) is 17.7. The van der Waals surface area contributed by atoms with Crippen LogP contribution in [0, 0.1) is 12.7 Å². The van der Waals surface area contributed by atoms with E-state index in [2.05, 4.69) is 0 Å². The number of rotatable bonds is 2. The summed E-state index contributed by atoms with van der Waals surface area (Å²) in [5.74, 6) is -0.323. The van der Waals surface area contributed by atoms with Crippen LogP contribution in [0.15, 0.2) is 6.07 Å².